The number of nitrogens with zero attached hydrogens (tertiary/aromatic N) is 1. The summed E-state index contributed by atoms with van der Waals surface area (Å²) in [5, 5.41) is 0. The molecule has 0 atom stereocenters. The lowest BCUT2D eigenvalue weighted by Crippen LogP contribution is -2.41. The van der Waals surface area contributed by atoms with Gasteiger partial charge >= 0.3 is 5.97 Å². The quantitative estimate of drug-likeness (QED) is 0.295. The van der Waals surface area contributed by atoms with E-state index in [-0.39, 0.29) is 34.1 Å². The van der Waals surface area contributed by atoms with Gasteiger partial charge in [-0.1, -0.05) is 29.8 Å². The van der Waals surface area contributed by atoms with Crippen molar-refractivity contribution in [2.75, 3.05) is 13.7 Å². The third kappa shape index (κ3) is 7.01. The van der Waals surface area contributed by atoms with E-state index < -0.39 is 31.9 Å². The maximum Gasteiger partial charge on any atom is 0.338 e. The van der Waals surface area contributed by atoms with Crippen LogP contribution in [0.25, 0.3) is 0 Å². The summed E-state index contributed by atoms with van der Waals surface area (Å²) in [6.45, 7) is 3.79. The lowest BCUT2D eigenvalue weighted by atomic mass is 10.1. The maximum absolute atomic E-state index is 12.8. The Bertz CT molecular complexity index is 1470. The molecule has 37 heavy (non-hydrogen) atoms. The van der Waals surface area contributed by atoms with Crippen LogP contribution >= 0.6 is 0 Å². The SMILES string of the molecule is CCOC(=O)c1ccc(S(=O)(=O)NNC(=O)c2ccc(CN(C)S(=O)(=O)c3ccc(C)cc3)cc2)cc1. The van der Waals surface area contributed by atoms with Gasteiger partial charge in [-0.2, -0.15) is 4.31 Å². The van der Waals surface area contributed by atoms with E-state index in [0.29, 0.717) is 5.56 Å². The number of sulfonamides is 2. The van der Waals surface area contributed by atoms with Gasteiger partial charge in [-0.15, -0.1) is 4.83 Å². The van der Waals surface area contributed by atoms with Gasteiger partial charge in [0.25, 0.3) is 15.9 Å². The molecule has 0 heterocycles. The van der Waals surface area contributed by atoms with Crippen molar-refractivity contribution in [2.45, 2.75) is 30.2 Å². The first kappa shape index (κ1) is 28.0. The third-order valence-corrected chi connectivity index (χ3v) is 8.41. The second kappa shape index (κ2) is 11.6. The summed E-state index contributed by atoms with van der Waals surface area (Å²) in [6, 6.07) is 17.7. The zero-order valence-electron chi connectivity index (χ0n) is 20.5. The molecule has 3 aromatic rings. The van der Waals surface area contributed by atoms with Gasteiger partial charge in [0, 0.05) is 19.2 Å². The molecule has 0 unspecified atom stereocenters. The minimum atomic E-state index is -4.10. The number of carbonyl (C=O) groups is 2. The summed E-state index contributed by atoms with van der Waals surface area (Å²) < 4.78 is 56.6. The Hall–Kier alpha value is -3.58. The van der Waals surface area contributed by atoms with Crippen LogP contribution in [0, 0.1) is 6.92 Å². The summed E-state index contributed by atoms with van der Waals surface area (Å²) >= 11 is 0. The van der Waals surface area contributed by atoms with Crippen LogP contribution in [0.1, 0.15) is 38.8 Å². The summed E-state index contributed by atoms with van der Waals surface area (Å²) in [5.74, 6) is -1.28. The number of rotatable bonds is 10. The molecule has 0 saturated carbocycles. The number of benzene rings is 3. The monoisotopic (exact) mass is 545 g/mol. The molecule has 1 amide bonds. The van der Waals surface area contributed by atoms with Gasteiger partial charge in [-0.25, -0.2) is 21.6 Å². The van der Waals surface area contributed by atoms with Crippen molar-refractivity contribution in [3.63, 3.8) is 0 Å². The van der Waals surface area contributed by atoms with Crippen LogP contribution in [-0.4, -0.2) is 46.7 Å². The highest BCUT2D eigenvalue weighted by molar-refractivity contribution is 7.89. The molecule has 0 aromatic heterocycles. The first-order valence-electron chi connectivity index (χ1n) is 11.2. The van der Waals surface area contributed by atoms with Gasteiger partial charge in [0.1, 0.15) is 0 Å². The number of aryl methyl sites for hydroxylation is 1. The predicted molar refractivity (Wildman–Crippen MR) is 136 cm³/mol. The number of esters is 1. The largest absolute Gasteiger partial charge is 0.462 e. The van der Waals surface area contributed by atoms with E-state index in [1.807, 2.05) is 11.8 Å². The standard InChI is InChI=1S/C25H27N3O7S2/c1-4-35-25(30)21-11-15-22(16-12-21)36(31,32)27-26-24(29)20-9-7-19(8-10-20)17-28(3)37(33,34)23-13-5-18(2)6-14-23/h5-16,27H,4,17H2,1-3H3,(H,26,29). The Labute approximate surface area is 216 Å². The number of hydrazine groups is 1. The molecule has 0 aliphatic heterocycles. The van der Waals surface area contributed by atoms with Crippen molar-refractivity contribution in [3.05, 3.63) is 95.1 Å². The molecule has 0 spiro atoms. The highest BCUT2D eigenvalue weighted by Crippen LogP contribution is 2.18. The first-order valence-corrected chi connectivity index (χ1v) is 14.1. The number of nitrogens with one attached hydrogen (secondary N) is 2. The van der Waals surface area contributed by atoms with Gasteiger partial charge in [-0.3, -0.25) is 10.2 Å². The molecular weight excluding hydrogens is 518 g/mol. The number of hydrogen-bond acceptors (Lipinski definition) is 7. The topological polar surface area (TPSA) is 139 Å². The Morgan fingerprint density at radius 1 is 0.811 bits per heavy atom. The second-order valence-electron chi connectivity index (χ2n) is 8.08. The maximum atomic E-state index is 12.8. The van der Waals surface area contributed by atoms with Crippen molar-refractivity contribution < 1.29 is 31.2 Å². The third-order valence-electron chi connectivity index (χ3n) is 5.33. The lowest BCUT2D eigenvalue weighted by molar-refractivity contribution is 0.0526. The van der Waals surface area contributed by atoms with Crippen LogP contribution in [0.4, 0.5) is 0 Å². The van der Waals surface area contributed by atoms with Crippen molar-refractivity contribution in [3.8, 4) is 0 Å². The van der Waals surface area contributed by atoms with Crippen molar-refractivity contribution in [2.24, 2.45) is 0 Å². The Kier molecular flexibility index (Phi) is 8.81. The highest BCUT2D eigenvalue weighted by Gasteiger charge is 2.21. The molecule has 196 valence electrons. The van der Waals surface area contributed by atoms with Crippen molar-refractivity contribution >= 4 is 31.9 Å². The zero-order chi connectivity index (χ0) is 27.2. The number of hydrogen-bond donors (Lipinski definition) is 2. The average molecular weight is 546 g/mol. The van der Waals surface area contributed by atoms with Gasteiger partial charge in [0.15, 0.2) is 0 Å². The highest BCUT2D eigenvalue weighted by atomic mass is 32.2. The normalized spacial score (nSPS) is 11.8. The molecule has 12 heteroatoms. The molecule has 0 fully saturated rings. The summed E-state index contributed by atoms with van der Waals surface area (Å²) in [4.78, 5) is 26.2. The first-order chi connectivity index (χ1) is 17.4. The molecule has 0 saturated heterocycles. The van der Waals surface area contributed by atoms with Gasteiger partial charge in [-0.05, 0) is 67.9 Å². The van der Waals surface area contributed by atoms with E-state index in [9.17, 15) is 26.4 Å². The molecule has 2 N–H and O–H groups in total. The van der Waals surface area contributed by atoms with E-state index in [2.05, 4.69) is 5.43 Å². The van der Waals surface area contributed by atoms with E-state index in [1.165, 1.54) is 47.8 Å². The molecule has 0 aliphatic carbocycles. The fraction of sp³-hybridized carbons (Fsp3) is 0.200. The van der Waals surface area contributed by atoms with Crippen LogP contribution in [-0.2, 0) is 31.3 Å². The number of ether oxygens (including phenoxy) is 1. The predicted octanol–water partition coefficient (Wildman–Crippen LogP) is 2.62. The number of carbonyl (C=O) groups excluding carboxylic acids is 2. The van der Waals surface area contributed by atoms with Crippen molar-refractivity contribution in [1.82, 2.24) is 14.6 Å². The van der Waals surface area contributed by atoms with Crippen LogP contribution in [0.2, 0.25) is 0 Å². The summed E-state index contributed by atoms with van der Waals surface area (Å²) in [6.07, 6.45) is 0. The smallest absolute Gasteiger partial charge is 0.338 e. The van der Waals surface area contributed by atoms with Crippen LogP contribution in [0.15, 0.2) is 82.6 Å². The molecule has 3 aromatic carbocycles. The molecule has 10 nitrogen and oxygen atoms in total. The van der Waals surface area contributed by atoms with Crippen LogP contribution in [0.3, 0.4) is 0 Å². The molecule has 3 rings (SSSR count). The molecule has 0 aliphatic rings. The summed E-state index contributed by atoms with van der Waals surface area (Å²) in [5.41, 5.74) is 4.07. The van der Waals surface area contributed by atoms with Crippen molar-refractivity contribution in [1.29, 1.82) is 0 Å². The molecular formula is C25H27N3O7S2. The van der Waals surface area contributed by atoms with Crippen LogP contribution < -0.4 is 10.3 Å². The minimum absolute atomic E-state index is 0.0759. The van der Waals surface area contributed by atoms with E-state index in [4.69, 9.17) is 4.74 Å². The fourth-order valence-electron chi connectivity index (χ4n) is 3.22. The Morgan fingerprint density at radius 2 is 1.35 bits per heavy atom. The van der Waals surface area contributed by atoms with Gasteiger partial charge in [0.05, 0.1) is 22.0 Å². The molecule has 0 bridgehead atoms. The van der Waals surface area contributed by atoms with E-state index in [1.54, 1.807) is 43.3 Å². The lowest BCUT2D eigenvalue weighted by Gasteiger charge is -2.17. The molecule has 0 radical (unpaired) electrons. The van der Waals surface area contributed by atoms with E-state index in [0.717, 1.165) is 5.56 Å². The number of amides is 1. The fourth-order valence-corrected chi connectivity index (χ4v) is 5.22. The van der Waals surface area contributed by atoms with E-state index >= 15 is 0 Å². The average Bonchev–Trinajstić information content (AvgIpc) is 2.88. The minimum Gasteiger partial charge on any atom is -0.462 e. The summed E-state index contributed by atoms with van der Waals surface area (Å²) in [7, 11) is -6.32. The van der Waals surface area contributed by atoms with Gasteiger partial charge < -0.3 is 4.74 Å². The van der Waals surface area contributed by atoms with Gasteiger partial charge in [0.2, 0.25) is 10.0 Å². The zero-order valence-corrected chi connectivity index (χ0v) is 22.1. The van der Waals surface area contributed by atoms with Crippen LogP contribution in [0.5, 0.6) is 0 Å². The second-order valence-corrected chi connectivity index (χ2v) is 11.8. The Balaban J connectivity index is 1.60. The Morgan fingerprint density at radius 3 is 1.92 bits per heavy atom.